The van der Waals surface area contributed by atoms with E-state index in [2.05, 4.69) is 20.9 Å². The van der Waals surface area contributed by atoms with E-state index in [-0.39, 0.29) is 36.6 Å². The van der Waals surface area contributed by atoms with Gasteiger partial charge < -0.3 is 24.8 Å². The van der Waals surface area contributed by atoms with E-state index in [9.17, 15) is 14.5 Å². The van der Waals surface area contributed by atoms with Crippen molar-refractivity contribution in [3.8, 4) is 17.2 Å². The highest BCUT2D eigenvalue weighted by Crippen LogP contribution is 2.44. The van der Waals surface area contributed by atoms with Crippen molar-refractivity contribution in [1.29, 1.82) is 0 Å². The highest BCUT2D eigenvalue weighted by Gasteiger charge is 2.33. The molecule has 1 aromatic carbocycles. The molecular weight excluding hydrogens is 562 g/mol. The van der Waals surface area contributed by atoms with E-state index in [4.69, 9.17) is 14.2 Å². The fraction of sp³-hybridized carbons (Fsp3) is 0.545. The number of nitrogens with zero attached hydrogens (tertiary/aromatic N) is 3. The first-order valence-electron chi connectivity index (χ1n) is 15.7. The van der Waals surface area contributed by atoms with Crippen LogP contribution in [0.4, 0.5) is 0 Å². The van der Waals surface area contributed by atoms with Gasteiger partial charge in [-0.1, -0.05) is 5.18 Å². The minimum atomic E-state index is -0.837. The van der Waals surface area contributed by atoms with E-state index >= 15 is 0 Å². The van der Waals surface area contributed by atoms with Gasteiger partial charge in [-0.2, -0.15) is 10.0 Å². The number of hydrogen-bond acceptors (Lipinski definition) is 8. The third kappa shape index (κ3) is 6.51. The van der Waals surface area contributed by atoms with Crippen LogP contribution in [-0.4, -0.2) is 58.9 Å². The fourth-order valence-corrected chi connectivity index (χ4v) is 5.86. The number of benzene rings is 1. The van der Waals surface area contributed by atoms with Gasteiger partial charge in [-0.15, -0.1) is 0 Å². The van der Waals surface area contributed by atoms with Crippen LogP contribution in [0, 0.1) is 4.91 Å². The van der Waals surface area contributed by atoms with Crippen LogP contribution >= 0.6 is 0 Å². The van der Waals surface area contributed by atoms with Crippen LogP contribution in [0.25, 0.3) is 5.52 Å². The lowest BCUT2D eigenvalue weighted by atomic mass is 9.92. The van der Waals surface area contributed by atoms with Crippen molar-refractivity contribution in [1.82, 2.24) is 20.2 Å². The monoisotopic (exact) mass is 603 g/mol. The zero-order chi connectivity index (χ0) is 30.8. The Kier molecular flexibility index (Phi) is 8.46. The maximum absolute atomic E-state index is 13.4. The lowest BCUT2D eigenvalue weighted by molar-refractivity contribution is 0.0871. The number of fused-ring (bicyclic) bond motifs is 1. The number of rotatable bonds is 12. The minimum absolute atomic E-state index is 0.0122. The zero-order valence-electron chi connectivity index (χ0n) is 25.6. The van der Waals surface area contributed by atoms with Gasteiger partial charge in [-0.3, -0.25) is 9.59 Å². The first-order valence-corrected chi connectivity index (χ1v) is 15.7. The molecule has 3 saturated carbocycles. The Morgan fingerprint density at radius 2 is 1.61 bits per heavy atom. The number of carbonyl (C=O) groups excluding carboxylic acids is 2. The maximum Gasteiger partial charge on any atom is 0.255 e. The number of methoxy groups -OCH3 is 1. The third-order valence-corrected chi connectivity index (χ3v) is 8.89. The fourth-order valence-electron chi connectivity index (χ4n) is 5.86. The predicted molar refractivity (Wildman–Crippen MR) is 165 cm³/mol. The number of ether oxygens (including phenoxy) is 3. The summed E-state index contributed by atoms with van der Waals surface area (Å²) in [5.74, 6) is 1.86. The zero-order valence-corrected chi connectivity index (χ0v) is 25.6. The van der Waals surface area contributed by atoms with E-state index < -0.39 is 5.54 Å². The Labute approximate surface area is 257 Å². The Balaban J connectivity index is 1.08. The van der Waals surface area contributed by atoms with Crippen molar-refractivity contribution in [2.45, 2.75) is 101 Å². The number of aromatic nitrogens is 2. The topological polar surface area (TPSA) is 133 Å². The molecule has 2 heterocycles. The van der Waals surface area contributed by atoms with E-state index in [0.29, 0.717) is 34.3 Å². The molecule has 6 rings (SSSR count). The molecule has 2 aromatic heterocycles. The van der Waals surface area contributed by atoms with Gasteiger partial charge in [0.05, 0.1) is 41.7 Å². The molecule has 2 N–H and O–H groups in total. The van der Waals surface area contributed by atoms with Gasteiger partial charge in [0.2, 0.25) is 0 Å². The first-order chi connectivity index (χ1) is 21.2. The predicted octanol–water partition coefficient (Wildman–Crippen LogP) is 5.55. The Morgan fingerprint density at radius 1 is 0.932 bits per heavy atom. The van der Waals surface area contributed by atoms with Gasteiger partial charge in [0.1, 0.15) is 29.4 Å². The van der Waals surface area contributed by atoms with Gasteiger partial charge in [0.15, 0.2) is 0 Å². The maximum atomic E-state index is 13.4. The van der Waals surface area contributed by atoms with E-state index in [0.717, 1.165) is 69.0 Å². The molecule has 3 aromatic rings. The summed E-state index contributed by atoms with van der Waals surface area (Å²) in [7, 11) is 1.58. The van der Waals surface area contributed by atoms with Crippen LogP contribution < -0.4 is 24.8 Å². The smallest absolute Gasteiger partial charge is 0.255 e. The molecule has 3 fully saturated rings. The average molecular weight is 604 g/mol. The molecule has 234 valence electrons. The summed E-state index contributed by atoms with van der Waals surface area (Å²) < 4.78 is 19.5. The Hall–Kier alpha value is -4.15. The summed E-state index contributed by atoms with van der Waals surface area (Å²) in [5, 5.41) is 14.0. The molecule has 2 amide bonds. The number of hydrogen-bond donors (Lipinski definition) is 2. The standard InChI is InChI=1S/C33H41N5O6/c1-33(2,37-41)19-43-29-16-14-27-26(18-34-38(27)30(29)20-7-8-20)32(40)36-22-9-11-23(12-10-22)44-28-15-13-24(42-3)17-25(28)31(39)35-21-5-4-6-21/h13-18,20-23H,4-12,19H2,1-3H3,(H,35,39)(H,36,40). The molecule has 3 aliphatic carbocycles. The van der Waals surface area contributed by atoms with Gasteiger partial charge in [0.25, 0.3) is 11.8 Å². The quantitative estimate of drug-likeness (QED) is 0.260. The number of amides is 2. The van der Waals surface area contributed by atoms with Gasteiger partial charge in [0, 0.05) is 18.0 Å². The van der Waals surface area contributed by atoms with Crippen molar-refractivity contribution >= 4 is 17.3 Å². The van der Waals surface area contributed by atoms with Crippen LogP contribution in [0.15, 0.2) is 41.7 Å². The van der Waals surface area contributed by atoms with Gasteiger partial charge >= 0.3 is 0 Å². The summed E-state index contributed by atoms with van der Waals surface area (Å²) in [6.45, 7) is 3.63. The molecule has 0 radical (unpaired) electrons. The average Bonchev–Trinajstić information content (AvgIpc) is 3.76. The number of pyridine rings is 1. The summed E-state index contributed by atoms with van der Waals surface area (Å²) in [6, 6.07) is 9.30. The van der Waals surface area contributed by atoms with E-state index in [1.807, 2.05) is 22.7 Å². The number of nitrogens with one attached hydrogen (secondary N) is 2. The van der Waals surface area contributed by atoms with Crippen molar-refractivity contribution in [3.05, 3.63) is 58.3 Å². The molecule has 44 heavy (non-hydrogen) atoms. The molecule has 11 heteroatoms. The molecule has 0 atom stereocenters. The molecular formula is C33H41N5O6. The lowest BCUT2D eigenvalue weighted by Crippen LogP contribution is -2.40. The van der Waals surface area contributed by atoms with Gasteiger partial charge in [-0.25, -0.2) is 4.52 Å². The second kappa shape index (κ2) is 12.5. The Bertz CT molecular complexity index is 1530. The summed E-state index contributed by atoms with van der Waals surface area (Å²) in [4.78, 5) is 37.5. The molecule has 0 spiro atoms. The third-order valence-electron chi connectivity index (χ3n) is 8.89. The largest absolute Gasteiger partial charge is 0.497 e. The molecule has 3 aliphatic rings. The van der Waals surface area contributed by atoms with Crippen LogP contribution in [0.1, 0.15) is 104 Å². The molecule has 0 saturated heterocycles. The summed E-state index contributed by atoms with van der Waals surface area (Å²) >= 11 is 0. The first kappa shape index (κ1) is 29.9. The Morgan fingerprint density at radius 3 is 2.25 bits per heavy atom. The second-order valence-corrected chi connectivity index (χ2v) is 12.9. The summed E-state index contributed by atoms with van der Waals surface area (Å²) in [6.07, 6.45) is 9.82. The minimum Gasteiger partial charge on any atom is -0.497 e. The van der Waals surface area contributed by atoms with Crippen molar-refractivity contribution in [2.24, 2.45) is 5.18 Å². The van der Waals surface area contributed by atoms with Crippen LogP contribution in [0.5, 0.6) is 17.2 Å². The van der Waals surface area contributed by atoms with E-state index in [1.54, 1.807) is 39.3 Å². The van der Waals surface area contributed by atoms with Crippen LogP contribution in [0.3, 0.4) is 0 Å². The normalized spacial score (nSPS) is 20.4. The molecule has 11 nitrogen and oxygen atoms in total. The highest BCUT2D eigenvalue weighted by atomic mass is 16.5. The highest BCUT2D eigenvalue weighted by molar-refractivity contribution is 6.01. The SMILES string of the molecule is COc1ccc(OC2CCC(NC(=O)c3cnn4c(C5CC5)c(OCC(C)(C)N=O)ccc34)CC2)c(C(=O)NC2CCC2)c1. The number of carbonyl (C=O) groups is 2. The van der Waals surface area contributed by atoms with Crippen molar-refractivity contribution in [2.75, 3.05) is 13.7 Å². The molecule has 0 unspecified atom stereocenters. The van der Waals surface area contributed by atoms with Crippen LogP contribution in [0.2, 0.25) is 0 Å². The van der Waals surface area contributed by atoms with E-state index in [1.165, 1.54) is 0 Å². The second-order valence-electron chi connectivity index (χ2n) is 12.9. The van der Waals surface area contributed by atoms with Crippen molar-refractivity contribution in [3.63, 3.8) is 0 Å². The van der Waals surface area contributed by atoms with Crippen molar-refractivity contribution < 1.29 is 23.8 Å². The van der Waals surface area contributed by atoms with Crippen LogP contribution in [-0.2, 0) is 0 Å². The number of nitroso groups, excluding NO2 is 1. The molecule has 0 aliphatic heterocycles. The molecule has 0 bridgehead atoms. The van der Waals surface area contributed by atoms with Gasteiger partial charge in [-0.05, 0) is 102 Å². The summed E-state index contributed by atoms with van der Waals surface area (Å²) in [5.41, 5.74) is 1.83. The lowest BCUT2D eigenvalue weighted by Gasteiger charge is -2.30.